The maximum Gasteiger partial charge on any atom is 0.108 e. The molecule has 2 aromatic heterocycles. The summed E-state index contributed by atoms with van der Waals surface area (Å²) in [4.78, 5) is 4.09. The van der Waals surface area contributed by atoms with Crippen LogP contribution in [0, 0.1) is 0 Å². The van der Waals surface area contributed by atoms with E-state index in [1.165, 1.54) is 0 Å². The van der Waals surface area contributed by atoms with E-state index in [2.05, 4.69) is 36.4 Å². The molecule has 0 radical (unpaired) electrons. The summed E-state index contributed by atoms with van der Waals surface area (Å²) >= 11 is 3.57. The van der Waals surface area contributed by atoms with Crippen molar-refractivity contribution < 1.29 is 0 Å². The normalized spacial score (nSPS) is 10.6. The van der Waals surface area contributed by atoms with Crippen molar-refractivity contribution >= 4 is 15.9 Å². The average Bonchev–Trinajstić information content (AvgIpc) is 2.69. The molecule has 0 unspecified atom stereocenters. The van der Waals surface area contributed by atoms with Gasteiger partial charge in [0, 0.05) is 30.9 Å². The van der Waals surface area contributed by atoms with Gasteiger partial charge in [-0.3, -0.25) is 10.1 Å². The van der Waals surface area contributed by atoms with Crippen molar-refractivity contribution in [1.82, 2.24) is 20.5 Å². The zero-order valence-corrected chi connectivity index (χ0v) is 10.6. The van der Waals surface area contributed by atoms with Crippen LogP contribution in [0.2, 0.25) is 0 Å². The Labute approximate surface area is 103 Å². The number of aromatic amines is 1. The molecule has 16 heavy (non-hydrogen) atoms. The molecule has 2 rings (SSSR count). The second-order valence-electron chi connectivity index (χ2n) is 3.46. The molecule has 2 heterocycles. The predicted molar refractivity (Wildman–Crippen MR) is 67.1 cm³/mol. The highest BCUT2D eigenvalue weighted by molar-refractivity contribution is 9.10. The number of rotatable bonds is 4. The van der Waals surface area contributed by atoms with Crippen molar-refractivity contribution in [2.75, 3.05) is 13.6 Å². The Morgan fingerprint density at radius 3 is 3.06 bits per heavy atom. The van der Waals surface area contributed by atoms with Gasteiger partial charge in [0.1, 0.15) is 5.69 Å². The molecule has 0 saturated heterocycles. The minimum Gasteiger partial charge on any atom is -0.319 e. The van der Waals surface area contributed by atoms with Gasteiger partial charge in [0.25, 0.3) is 0 Å². The van der Waals surface area contributed by atoms with E-state index in [0.717, 1.165) is 34.4 Å². The van der Waals surface area contributed by atoms with E-state index < -0.39 is 0 Å². The molecule has 0 aliphatic carbocycles. The smallest absolute Gasteiger partial charge is 0.108 e. The summed E-state index contributed by atoms with van der Waals surface area (Å²) in [6.07, 6.45) is 4.49. The Kier molecular flexibility index (Phi) is 3.69. The SMILES string of the molecule is CNCCc1[nH]nc(-c2cccnc2)c1Br. The minimum atomic E-state index is 0.916. The van der Waals surface area contributed by atoms with E-state index in [1.807, 2.05) is 25.4 Å². The largest absolute Gasteiger partial charge is 0.319 e. The number of hydrogen-bond acceptors (Lipinski definition) is 3. The molecule has 4 nitrogen and oxygen atoms in total. The Hall–Kier alpha value is -1.20. The number of halogens is 1. The topological polar surface area (TPSA) is 53.6 Å². The molecule has 5 heteroatoms. The van der Waals surface area contributed by atoms with Gasteiger partial charge >= 0.3 is 0 Å². The van der Waals surface area contributed by atoms with Crippen molar-refractivity contribution in [3.8, 4) is 11.3 Å². The highest BCUT2D eigenvalue weighted by Crippen LogP contribution is 2.28. The molecule has 0 aliphatic heterocycles. The number of likely N-dealkylation sites (N-methyl/N-ethyl adjacent to an activating group) is 1. The Morgan fingerprint density at radius 1 is 1.50 bits per heavy atom. The molecule has 0 fully saturated rings. The number of hydrogen-bond donors (Lipinski definition) is 2. The molecule has 0 aliphatic rings. The first-order valence-corrected chi connectivity index (χ1v) is 5.90. The first kappa shape index (κ1) is 11.3. The van der Waals surface area contributed by atoms with Crippen LogP contribution in [-0.2, 0) is 6.42 Å². The molecule has 2 N–H and O–H groups in total. The third kappa shape index (κ3) is 2.31. The lowest BCUT2D eigenvalue weighted by Gasteiger charge is -1.98. The highest BCUT2D eigenvalue weighted by Gasteiger charge is 2.11. The van der Waals surface area contributed by atoms with Crippen LogP contribution >= 0.6 is 15.9 Å². The van der Waals surface area contributed by atoms with Crippen LogP contribution in [0.15, 0.2) is 29.0 Å². The molecular weight excluding hydrogens is 268 g/mol. The van der Waals surface area contributed by atoms with E-state index in [4.69, 9.17) is 0 Å². The fraction of sp³-hybridized carbons (Fsp3) is 0.273. The van der Waals surface area contributed by atoms with Gasteiger partial charge in [-0.25, -0.2) is 0 Å². The second kappa shape index (κ2) is 5.23. The second-order valence-corrected chi connectivity index (χ2v) is 4.25. The van der Waals surface area contributed by atoms with Gasteiger partial charge in [-0.2, -0.15) is 5.10 Å². The lowest BCUT2D eigenvalue weighted by molar-refractivity contribution is 0.770. The number of aromatic nitrogens is 3. The third-order valence-corrected chi connectivity index (χ3v) is 3.19. The van der Waals surface area contributed by atoms with Crippen molar-refractivity contribution in [2.24, 2.45) is 0 Å². The lowest BCUT2D eigenvalue weighted by Crippen LogP contribution is -2.10. The summed E-state index contributed by atoms with van der Waals surface area (Å²) in [6.45, 7) is 0.924. The van der Waals surface area contributed by atoms with Gasteiger partial charge in [-0.15, -0.1) is 0 Å². The Bertz CT molecular complexity index is 452. The van der Waals surface area contributed by atoms with Crippen LogP contribution in [0.1, 0.15) is 5.69 Å². The number of pyridine rings is 1. The van der Waals surface area contributed by atoms with Crippen LogP contribution < -0.4 is 5.32 Å². The molecule has 0 bridgehead atoms. The van der Waals surface area contributed by atoms with E-state index in [9.17, 15) is 0 Å². The van der Waals surface area contributed by atoms with E-state index in [1.54, 1.807) is 6.20 Å². The van der Waals surface area contributed by atoms with Gasteiger partial charge < -0.3 is 5.32 Å². The molecule has 0 aromatic carbocycles. The molecule has 0 atom stereocenters. The number of nitrogens with one attached hydrogen (secondary N) is 2. The highest BCUT2D eigenvalue weighted by atomic mass is 79.9. The van der Waals surface area contributed by atoms with Gasteiger partial charge in [-0.05, 0) is 35.1 Å². The van der Waals surface area contributed by atoms with E-state index >= 15 is 0 Å². The lowest BCUT2D eigenvalue weighted by atomic mass is 10.2. The van der Waals surface area contributed by atoms with Crippen molar-refractivity contribution in [3.05, 3.63) is 34.7 Å². The molecule has 84 valence electrons. The average molecular weight is 281 g/mol. The zero-order valence-electron chi connectivity index (χ0n) is 9.00. The zero-order chi connectivity index (χ0) is 11.4. The standard InChI is InChI=1S/C11H13BrN4/c1-13-6-4-9-10(12)11(16-15-9)8-3-2-5-14-7-8/h2-3,5,7,13H,4,6H2,1H3,(H,15,16). The van der Waals surface area contributed by atoms with Crippen LogP contribution in [-0.4, -0.2) is 28.8 Å². The van der Waals surface area contributed by atoms with E-state index in [0.29, 0.717) is 0 Å². The van der Waals surface area contributed by atoms with Gasteiger partial charge in [0.2, 0.25) is 0 Å². The molecule has 0 saturated carbocycles. The van der Waals surface area contributed by atoms with Crippen molar-refractivity contribution in [1.29, 1.82) is 0 Å². The summed E-state index contributed by atoms with van der Waals surface area (Å²) in [5, 5.41) is 10.5. The minimum absolute atomic E-state index is 0.916. The monoisotopic (exact) mass is 280 g/mol. The molecular formula is C11H13BrN4. The van der Waals surface area contributed by atoms with Gasteiger partial charge in [0.15, 0.2) is 0 Å². The third-order valence-electron chi connectivity index (χ3n) is 2.34. The summed E-state index contributed by atoms with van der Waals surface area (Å²) in [7, 11) is 1.94. The Morgan fingerprint density at radius 2 is 2.38 bits per heavy atom. The number of nitrogens with zero attached hydrogens (tertiary/aromatic N) is 2. The Balaban J connectivity index is 2.27. The predicted octanol–water partition coefficient (Wildman–Crippen LogP) is 2.00. The maximum atomic E-state index is 4.30. The van der Waals surface area contributed by atoms with Crippen LogP contribution in [0.3, 0.4) is 0 Å². The fourth-order valence-electron chi connectivity index (χ4n) is 1.47. The van der Waals surface area contributed by atoms with E-state index in [-0.39, 0.29) is 0 Å². The van der Waals surface area contributed by atoms with Crippen LogP contribution in [0.5, 0.6) is 0 Å². The van der Waals surface area contributed by atoms with Crippen molar-refractivity contribution in [3.63, 3.8) is 0 Å². The van der Waals surface area contributed by atoms with Gasteiger partial charge in [-0.1, -0.05) is 0 Å². The first-order valence-electron chi connectivity index (χ1n) is 5.10. The quantitative estimate of drug-likeness (QED) is 0.901. The van der Waals surface area contributed by atoms with Crippen LogP contribution in [0.25, 0.3) is 11.3 Å². The molecule has 0 spiro atoms. The number of H-pyrrole nitrogens is 1. The fourth-order valence-corrected chi connectivity index (χ4v) is 2.08. The summed E-state index contributed by atoms with van der Waals surface area (Å²) in [6, 6.07) is 3.90. The van der Waals surface area contributed by atoms with Crippen molar-refractivity contribution in [2.45, 2.75) is 6.42 Å². The summed E-state index contributed by atoms with van der Waals surface area (Å²) in [5.74, 6) is 0. The van der Waals surface area contributed by atoms with Crippen LogP contribution in [0.4, 0.5) is 0 Å². The van der Waals surface area contributed by atoms with Gasteiger partial charge in [0.05, 0.1) is 10.2 Å². The summed E-state index contributed by atoms with van der Waals surface area (Å²) in [5.41, 5.74) is 3.04. The molecule has 0 amide bonds. The first-order chi connectivity index (χ1) is 7.83. The maximum absolute atomic E-state index is 4.30. The molecule has 2 aromatic rings. The summed E-state index contributed by atoms with van der Waals surface area (Å²) < 4.78 is 1.02.